The minimum Gasteiger partial charge on any atom is -0.327 e. The molecule has 1 unspecified atom stereocenters. The molecule has 2 rings (SSSR count). The van der Waals surface area contributed by atoms with E-state index in [4.69, 9.17) is 17.3 Å². The summed E-state index contributed by atoms with van der Waals surface area (Å²) in [5.41, 5.74) is 6.93. The largest absolute Gasteiger partial charge is 0.327 e. The van der Waals surface area contributed by atoms with E-state index in [2.05, 4.69) is 18.7 Å². The fraction of sp³-hybridized carbons (Fsp3) is 0.571. The maximum absolute atomic E-state index is 11.1. The van der Waals surface area contributed by atoms with Gasteiger partial charge in [0.15, 0.2) is 0 Å². The zero-order valence-corrected chi connectivity index (χ0v) is 13.8. The van der Waals surface area contributed by atoms with Crippen LogP contribution >= 0.6 is 24.0 Å². The van der Waals surface area contributed by atoms with Crippen molar-refractivity contribution in [2.24, 2.45) is 11.1 Å². The number of nitrogens with zero attached hydrogens (tertiary/aromatic N) is 2. The topological polar surface area (TPSA) is 72.4 Å². The van der Waals surface area contributed by atoms with Crippen LogP contribution in [-0.2, 0) is 6.54 Å². The van der Waals surface area contributed by atoms with E-state index in [-0.39, 0.29) is 34.5 Å². The van der Waals surface area contributed by atoms with Gasteiger partial charge in [-0.2, -0.15) is 0 Å². The number of halogens is 2. The van der Waals surface area contributed by atoms with E-state index in [0.717, 1.165) is 19.5 Å². The molecule has 1 aromatic rings. The van der Waals surface area contributed by atoms with Gasteiger partial charge in [0.2, 0.25) is 0 Å². The second-order valence-electron chi connectivity index (χ2n) is 6.12. The van der Waals surface area contributed by atoms with Crippen molar-refractivity contribution < 1.29 is 4.92 Å². The van der Waals surface area contributed by atoms with Crippen molar-refractivity contribution in [2.75, 3.05) is 13.1 Å². The molecule has 1 saturated heterocycles. The Labute approximate surface area is 136 Å². The van der Waals surface area contributed by atoms with Crippen LogP contribution in [0, 0.1) is 15.5 Å². The van der Waals surface area contributed by atoms with Crippen molar-refractivity contribution in [1.82, 2.24) is 4.90 Å². The highest BCUT2D eigenvalue weighted by Gasteiger charge is 2.33. The molecule has 21 heavy (non-hydrogen) atoms. The summed E-state index contributed by atoms with van der Waals surface area (Å²) >= 11 is 5.83. The first-order valence-corrected chi connectivity index (χ1v) is 7.08. The van der Waals surface area contributed by atoms with Crippen LogP contribution in [0.15, 0.2) is 18.2 Å². The third-order valence-corrected chi connectivity index (χ3v) is 4.26. The van der Waals surface area contributed by atoms with Crippen molar-refractivity contribution in [3.05, 3.63) is 38.9 Å². The molecule has 2 N–H and O–H groups in total. The van der Waals surface area contributed by atoms with Crippen LogP contribution in [0.4, 0.5) is 5.69 Å². The Morgan fingerprint density at radius 3 is 2.76 bits per heavy atom. The summed E-state index contributed by atoms with van der Waals surface area (Å²) in [4.78, 5) is 13.0. The summed E-state index contributed by atoms with van der Waals surface area (Å²) in [6, 6.07) is 5.03. The van der Waals surface area contributed by atoms with Gasteiger partial charge >= 0.3 is 0 Å². The predicted octanol–water partition coefficient (Wildman–Crippen LogP) is 3.23. The molecule has 5 nitrogen and oxygen atoms in total. The van der Waals surface area contributed by atoms with Crippen molar-refractivity contribution in [2.45, 2.75) is 32.9 Å². The standard InChI is InChI=1S/C14H20ClN3O2.ClH/c1-14(2)9-17(6-5-13(14)16)8-10-3-4-11(15)7-12(10)18(19)20;/h3-4,7,13H,5-6,8-9,16H2,1-2H3;1H. The van der Waals surface area contributed by atoms with Gasteiger partial charge in [-0.25, -0.2) is 0 Å². The van der Waals surface area contributed by atoms with E-state index < -0.39 is 0 Å². The van der Waals surface area contributed by atoms with E-state index >= 15 is 0 Å². The number of nitro groups is 1. The van der Waals surface area contributed by atoms with Crippen molar-refractivity contribution in [3.63, 3.8) is 0 Å². The first-order chi connectivity index (χ1) is 9.29. The number of piperidine rings is 1. The molecule has 1 heterocycles. The second kappa shape index (κ2) is 6.92. The summed E-state index contributed by atoms with van der Waals surface area (Å²) in [5.74, 6) is 0. The molecule has 0 radical (unpaired) electrons. The van der Waals surface area contributed by atoms with E-state index in [1.807, 2.05) is 0 Å². The van der Waals surface area contributed by atoms with Crippen LogP contribution in [0.5, 0.6) is 0 Å². The van der Waals surface area contributed by atoms with Gasteiger partial charge in [-0.15, -0.1) is 12.4 Å². The second-order valence-corrected chi connectivity index (χ2v) is 6.56. The number of nitro benzene ring substituents is 1. The Morgan fingerprint density at radius 2 is 2.19 bits per heavy atom. The molecule has 0 spiro atoms. The van der Waals surface area contributed by atoms with Crippen LogP contribution in [0.25, 0.3) is 0 Å². The Balaban J connectivity index is 0.00000220. The summed E-state index contributed by atoms with van der Waals surface area (Å²) in [6.07, 6.45) is 0.911. The lowest BCUT2D eigenvalue weighted by atomic mass is 9.79. The number of rotatable bonds is 3. The molecular weight excluding hydrogens is 313 g/mol. The third kappa shape index (κ3) is 4.30. The maximum Gasteiger partial charge on any atom is 0.275 e. The molecule has 1 aliphatic heterocycles. The van der Waals surface area contributed by atoms with Crippen molar-refractivity contribution in [1.29, 1.82) is 0 Å². The Kier molecular flexibility index (Phi) is 5.99. The summed E-state index contributed by atoms with van der Waals surface area (Å²) in [7, 11) is 0. The van der Waals surface area contributed by atoms with E-state index in [9.17, 15) is 10.1 Å². The van der Waals surface area contributed by atoms with Gasteiger partial charge in [-0.05, 0) is 24.0 Å². The summed E-state index contributed by atoms with van der Waals surface area (Å²) < 4.78 is 0. The first-order valence-electron chi connectivity index (χ1n) is 6.70. The average Bonchev–Trinajstić information content (AvgIpc) is 2.35. The highest BCUT2D eigenvalue weighted by molar-refractivity contribution is 6.30. The molecule has 0 amide bonds. The molecule has 0 saturated carbocycles. The fourth-order valence-electron chi connectivity index (χ4n) is 2.70. The number of nitrogens with two attached hydrogens (primary N) is 1. The van der Waals surface area contributed by atoms with Gasteiger partial charge in [0.05, 0.1) is 4.92 Å². The number of benzene rings is 1. The lowest BCUT2D eigenvalue weighted by Gasteiger charge is -2.42. The highest BCUT2D eigenvalue weighted by Crippen LogP contribution is 2.30. The van der Waals surface area contributed by atoms with E-state index in [1.54, 1.807) is 12.1 Å². The van der Waals surface area contributed by atoms with Crippen LogP contribution in [0.2, 0.25) is 5.02 Å². The van der Waals surface area contributed by atoms with Gasteiger partial charge in [0, 0.05) is 42.3 Å². The molecule has 1 aliphatic rings. The Bertz CT molecular complexity index is 523. The number of hydrogen-bond donors (Lipinski definition) is 1. The van der Waals surface area contributed by atoms with Gasteiger partial charge in [-0.1, -0.05) is 25.4 Å². The first kappa shape index (κ1) is 18.2. The van der Waals surface area contributed by atoms with E-state index in [0.29, 0.717) is 17.1 Å². The average molecular weight is 334 g/mol. The van der Waals surface area contributed by atoms with Gasteiger partial charge in [0.25, 0.3) is 5.69 Å². The maximum atomic E-state index is 11.1. The van der Waals surface area contributed by atoms with Gasteiger partial charge < -0.3 is 5.73 Å². The molecule has 1 fully saturated rings. The van der Waals surface area contributed by atoms with Gasteiger partial charge in [0.1, 0.15) is 0 Å². The van der Waals surface area contributed by atoms with Crippen LogP contribution in [0.3, 0.4) is 0 Å². The SMILES string of the molecule is CC1(C)CN(Cc2ccc(Cl)cc2[N+](=O)[O-])CCC1N.Cl. The lowest BCUT2D eigenvalue weighted by molar-refractivity contribution is -0.385. The van der Waals surface area contributed by atoms with Crippen molar-refractivity contribution in [3.8, 4) is 0 Å². The molecule has 0 bridgehead atoms. The van der Waals surface area contributed by atoms with Crippen LogP contribution < -0.4 is 5.73 Å². The minimum absolute atomic E-state index is 0. The zero-order chi connectivity index (χ0) is 14.9. The molecule has 0 aromatic heterocycles. The van der Waals surface area contributed by atoms with Gasteiger partial charge in [-0.3, -0.25) is 15.0 Å². The van der Waals surface area contributed by atoms with Crippen LogP contribution in [-0.4, -0.2) is 29.0 Å². The number of likely N-dealkylation sites (tertiary alicyclic amines) is 1. The smallest absolute Gasteiger partial charge is 0.275 e. The lowest BCUT2D eigenvalue weighted by Crippen LogP contribution is -2.52. The Morgan fingerprint density at radius 1 is 1.52 bits per heavy atom. The summed E-state index contributed by atoms with van der Waals surface area (Å²) in [5, 5.41) is 11.5. The molecular formula is C14H21Cl2N3O2. The fourth-order valence-corrected chi connectivity index (χ4v) is 2.87. The molecule has 118 valence electrons. The predicted molar refractivity (Wildman–Crippen MR) is 87.0 cm³/mol. The molecule has 0 aliphatic carbocycles. The molecule has 7 heteroatoms. The van der Waals surface area contributed by atoms with Crippen LogP contribution in [0.1, 0.15) is 25.8 Å². The van der Waals surface area contributed by atoms with Crippen molar-refractivity contribution >= 4 is 29.7 Å². The Hall–Kier alpha value is -0.880. The summed E-state index contributed by atoms with van der Waals surface area (Å²) in [6.45, 7) is 6.54. The minimum atomic E-state index is -0.373. The zero-order valence-electron chi connectivity index (χ0n) is 12.2. The normalized spacial score (nSPS) is 21.6. The van der Waals surface area contributed by atoms with E-state index in [1.165, 1.54) is 6.07 Å². The third-order valence-electron chi connectivity index (χ3n) is 4.03. The quantitative estimate of drug-likeness (QED) is 0.680. The molecule has 1 atom stereocenters. The number of hydrogen-bond acceptors (Lipinski definition) is 4. The monoisotopic (exact) mass is 333 g/mol. The molecule has 1 aromatic carbocycles. The highest BCUT2D eigenvalue weighted by atomic mass is 35.5.